The highest BCUT2D eigenvalue weighted by Gasteiger charge is 2.49. The van der Waals surface area contributed by atoms with E-state index in [1.807, 2.05) is 91.0 Å². The number of nitrogens with zero attached hydrogens (tertiary/aromatic N) is 2. The van der Waals surface area contributed by atoms with Gasteiger partial charge in [0, 0.05) is 36.5 Å². The summed E-state index contributed by atoms with van der Waals surface area (Å²) in [5.41, 5.74) is 4.30. The molecule has 6 nitrogen and oxygen atoms in total. The van der Waals surface area contributed by atoms with Crippen LogP contribution in [-0.4, -0.2) is 60.1 Å². The number of fused-ring (bicyclic) bond motifs is 3. The van der Waals surface area contributed by atoms with E-state index in [1.54, 1.807) is 6.20 Å². The molecule has 2 heterocycles. The average molecular weight is 627 g/mol. The number of carbonyl (C=O) groups is 2. The average Bonchev–Trinajstić information content (AvgIpc) is 3.37. The van der Waals surface area contributed by atoms with Crippen LogP contribution in [-0.2, 0) is 10.2 Å². The number of benzene rings is 3. The first kappa shape index (κ1) is 31.5. The van der Waals surface area contributed by atoms with Gasteiger partial charge < -0.3 is 15.5 Å². The topological polar surface area (TPSA) is 74.3 Å². The van der Waals surface area contributed by atoms with Crippen LogP contribution in [0.5, 0.6) is 0 Å². The molecular weight excluding hydrogens is 589 g/mol. The fourth-order valence-corrected chi connectivity index (χ4v) is 7.00. The number of rotatable bonds is 10. The van der Waals surface area contributed by atoms with Gasteiger partial charge in [0.25, 0.3) is 5.91 Å². The van der Waals surface area contributed by atoms with Gasteiger partial charge in [0.2, 0.25) is 5.91 Å². The monoisotopic (exact) mass is 626 g/mol. The molecule has 2 aliphatic rings. The van der Waals surface area contributed by atoms with Gasteiger partial charge in [-0.15, -0.1) is 0 Å². The first-order valence-electron chi connectivity index (χ1n) is 15.8. The number of halogens is 3. The van der Waals surface area contributed by atoms with E-state index in [-0.39, 0.29) is 11.9 Å². The zero-order valence-electron chi connectivity index (χ0n) is 25.5. The van der Waals surface area contributed by atoms with Gasteiger partial charge in [0.1, 0.15) is 12.0 Å². The second kappa shape index (κ2) is 13.5. The van der Waals surface area contributed by atoms with Crippen molar-refractivity contribution in [1.82, 2.24) is 20.5 Å². The minimum Gasteiger partial charge on any atom is -0.349 e. The van der Waals surface area contributed by atoms with Crippen molar-refractivity contribution in [1.29, 1.82) is 0 Å². The molecule has 0 spiro atoms. The van der Waals surface area contributed by atoms with Crippen molar-refractivity contribution in [2.75, 3.05) is 26.2 Å². The molecule has 6 rings (SSSR count). The summed E-state index contributed by atoms with van der Waals surface area (Å²) >= 11 is 0. The molecule has 0 atom stereocenters. The van der Waals surface area contributed by atoms with Gasteiger partial charge in [0.15, 0.2) is 0 Å². The van der Waals surface area contributed by atoms with Crippen LogP contribution in [0.4, 0.5) is 13.2 Å². The normalized spacial score (nSPS) is 16.0. The number of unbranched alkanes of at least 4 members (excludes halogenated alkanes) is 1. The molecule has 1 aromatic heterocycles. The molecule has 1 saturated heterocycles. The maximum absolute atomic E-state index is 13.7. The Hall–Kier alpha value is -4.50. The Morgan fingerprint density at radius 1 is 0.804 bits per heavy atom. The Morgan fingerprint density at radius 2 is 1.41 bits per heavy atom. The zero-order valence-corrected chi connectivity index (χ0v) is 25.5. The number of hydrogen-bond donors (Lipinski definition) is 2. The van der Waals surface area contributed by atoms with E-state index >= 15 is 0 Å². The third-order valence-corrected chi connectivity index (χ3v) is 9.21. The maximum Gasteiger partial charge on any atom is 0.405 e. The number of carbonyl (C=O) groups excluding carboxylic acids is 2. The summed E-state index contributed by atoms with van der Waals surface area (Å²) in [6, 6.07) is 28.3. The van der Waals surface area contributed by atoms with Gasteiger partial charge in [-0.3, -0.25) is 14.6 Å². The molecule has 1 aliphatic carbocycles. The SMILES string of the molecule is O=C(NC1CCN(CCCCC2(C(=O)NCC(F)(F)F)c3ccccc3-c3ccccc32)CC1)c1ccccc1-c1ccccn1. The molecule has 3 aromatic carbocycles. The zero-order chi connectivity index (χ0) is 32.1. The number of aromatic nitrogens is 1. The molecular formula is C37H37F3N4O2. The molecule has 2 amide bonds. The highest BCUT2D eigenvalue weighted by atomic mass is 19.4. The molecule has 1 fully saturated rings. The molecule has 238 valence electrons. The minimum absolute atomic E-state index is 0.0626. The number of nitrogens with one attached hydrogen (secondary N) is 2. The summed E-state index contributed by atoms with van der Waals surface area (Å²) in [6.07, 6.45) is 0.740. The second-order valence-electron chi connectivity index (χ2n) is 12.1. The van der Waals surface area contributed by atoms with E-state index in [0.717, 1.165) is 72.4 Å². The summed E-state index contributed by atoms with van der Waals surface area (Å²) in [5.74, 6) is -0.714. The number of pyridine rings is 1. The number of hydrogen-bond acceptors (Lipinski definition) is 4. The van der Waals surface area contributed by atoms with Crippen LogP contribution < -0.4 is 10.6 Å². The van der Waals surface area contributed by atoms with Crippen molar-refractivity contribution < 1.29 is 22.8 Å². The second-order valence-corrected chi connectivity index (χ2v) is 12.1. The Bertz CT molecular complexity index is 1640. The molecule has 2 N–H and O–H groups in total. The van der Waals surface area contributed by atoms with Crippen LogP contribution in [0.15, 0.2) is 97.2 Å². The van der Waals surface area contributed by atoms with Crippen molar-refractivity contribution in [2.45, 2.75) is 49.7 Å². The van der Waals surface area contributed by atoms with Gasteiger partial charge in [-0.2, -0.15) is 13.2 Å². The van der Waals surface area contributed by atoms with E-state index in [9.17, 15) is 22.8 Å². The van der Waals surface area contributed by atoms with Crippen LogP contribution in [0.25, 0.3) is 22.4 Å². The van der Waals surface area contributed by atoms with Crippen LogP contribution in [0.1, 0.15) is 53.6 Å². The molecule has 0 unspecified atom stereocenters. The van der Waals surface area contributed by atoms with E-state index in [2.05, 4.69) is 20.5 Å². The fraction of sp³-hybridized carbons (Fsp3) is 0.324. The molecule has 9 heteroatoms. The van der Waals surface area contributed by atoms with Crippen LogP contribution in [0.3, 0.4) is 0 Å². The summed E-state index contributed by atoms with van der Waals surface area (Å²) in [6.45, 7) is 1.11. The molecule has 0 radical (unpaired) electrons. The quantitative estimate of drug-likeness (QED) is 0.191. The predicted octanol–water partition coefficient (Wildman–Crippen LogP) is 6.76. The van der Waals surface area contributed by atoms with Crippen molar-refractivity contribution in [3.05, 3.63) is 114 Å². The Balaban J connectivity index is 1.06. The van der Waals surface area contributed by atoms with Crippen LogP contribution >= 0.6 is 0 Å². The van der Waals surface area contributed by atoms with E-state index < -0.39 is 24.0 Å². The fourth-order valence-electron chi connectivity index (χ4n) is 7.00. The molecule has 4 aromatic rings. The Kier molecular flexibility index (Phi) is 9.22. The van der Waals surface area contributed by atoms with E-state index in [0.29, 0.717) is 18.4 Å². The highest BCUT2D eigenvalue weighted by molar-refractivity contribution is 6.01. The first-order valence-corrected chi connectivity index (χ1v) is 15.8. The smallest absolute Gasteiger partial charge is 0.349 e. The number of amides is 2. The lowest BCUT2D eigenvalue weighted by atomic mass is 9.73. The number of alkyl halides is 3. The Morgan fingerprint density at radius 3 is 2.04 bits per heavy atom. The predicted molar refractivity (Wildman–Crippen MR) is 172 cm³/mol. The third-order valence-electron chi connectivity index (χ3n) is 9.21. The Labute approximate surface area is 267 Å². The minimum atomic E-state index is -4.50. The molecule has 46 heavy (non-hydrogen) atoms. The standard InChI is InChI=1S/C37H37F3N4O2/c38-37(39,40)25-42-35(46)36(31-15-5-3-11-27(31)28-12-4-6-16-32(28)36)20-8-10-22-44-23-18-26(19-24-44)43-34(45)30-14-2-1-13-29(30)33-17-7-9-21-41-33/h1-7,9,11-17,21,26H,8,10,18-20,22-25H2,(H,42,46)(H,43,45). The lowest BCUT2D eigenvalue weighted by Gasteiger charge is -2.33. The number of piperidine rings is 1. The lowest BCUT2D eigenvalue weighted by molar-refractivity contribution is -0.141. The third kappa shape index (κ3) is 6.56. The van der Waals surface area contributed by atoms with Crippen molar-refractivity contribution in [2.24, 2.45) is 0 Å². The summed E-state index contributed by atoms with van der Waals surface area (Å²) in [7, 11) is 0. The van der Waals surface area contributed by atoms with Crippen molar-refractivity contribution in [3.8, 4) is 22.4 Å². The highest BCUT2D eigenvalue weighted by Crippen LogP contribution is 2.51. The summed E-state index contributed by atoms with van der Waals surface area (Å²) in [4.78, 5) is 33.7. The van der Waals surface area contributed by atoms with Gasteiger partial charge >= 0.3 is 6.18 Å². The largest absolute Gasteiger partial charge is 0.405 e. The number of likely N-dealkylation sites (tertiary alicyclic amines) is 1. The molecule has 1 aliphatic heterocycles. The summed E-state index contributed by atoms with van der Waals surface area (Å²) in [5, 5.41) is 5.42. The van der Waals surface area contributed by atoms with Gasteiger partial charge in [0.05, 0.1) is 5.69 Å². The summed E-state index contributed by atoms with van der Waals surface area (Å²) < 4.78 is 39.5. The lowest BCUT2D eigenvalue weighted by Crippen LogP contribution is -2.47. The van der Waals surface area contributed by atoms with Gasteiger partial charge in [-0.25, -0.2) is 0 Å². The van der Waals surface area contributed by atoms with Crippen molar-refractivity contribution in [3.63, 3.8) is 0 Å². The van der Waals surface area contributed by atoms with Gasteiger partial charge in [-0.1, -0.05) is 79.2 Å². The first-order chi connectivity index (χ1) is 22.3. The maximum atomic E-state index is 13.7. The van der Waals surface area contributed by atoms with Crippen LogP contribution in [0.2, 0.25) is 0 Å². The van der Waals surface area contributed by atoms with Crippen molar-refractivity contribution >= 4 is 11.8 Å². The molecule has 0 saturated carbocycles. The van der Waals surface area contributed by atoms with E-state index in [1.165, 1.54) is 0 Å². The molecule has 0 bridgehead atoms. The van der Waals surface area contributed by atoms with Crippen LogP contribution in [0, 0.1) is 0 Å². The van der Waals surface area contributed by atoms with E-state index in [4.69, 9.17) is 0 Å². The van der Waals surface area contributed by atoms with Gasteiger partial charge in [-0.05, 0) is 72.7 Å².